The number of nitrogens with zero attached hydrogens (tertiary/aromatic N) is 1. The highest BCUT2D eigenvalue weighted by Gasteiger charge is 2.33. The summed E-state index contributed by atoms with van der Waals surface area (Å²) in [7, 11) is 1.41. The van der Waals surface area contributed by atoms with Gasteiger partial charge in [0.25, 0.3) is 5.91 Å². The Morgan fingerprint density at radius 2 is 1.96 bits per heavy atom. The van der Waals surface area contributed by atoms with E-state index in [-0.39, 0.29) is 5.75 Å². The van der Waals surface area contributed by atoms with Crippen molar-refractivity contribution >= 4 is 18.2 Å². The first-order valence-corrected chi connectivity index (χ1v) is 8.66. The van der Waals surface area contributed by atoms with Crippen LogP contribution < -0.4 is 14.8 Å². The average Bonchev–Trinajstić information content (AvgIpc) is 2.71. The topological polar surface area (TPSA) is 115 Å². The Bertz CT molecular complexity index is 734. The van der Waals surface area contributed by atoms with Crippen molar-refractivity contribution in [1.29, 1.82) is 5.26 Å². The van der Waals surface area contributed by atoms with Crippen molar-refractivity contribution in [2.24, 2.45) is 0 Å². The van der Waals surface area contributed by atoms with Crippen LogP contribution in [0.4, 0.5) is 0 Å². The standard InChI is InChI=1S/C19H22N2O6/c1-25-16-9-14(10-22)5-6-15(16)26-12-18(24)27-11-17(23)21-19(13-20)7-3-2-4-8-19/h5-6,9-10H,2-4,7-8,11-12H2,1H3,(H,21,23). The molecule has 2 rings (SSSR count). The van der Waals surface area contributed by atoms with Crippen molar-refractivity contribution in [1.82, 2.24) is 5.32 Å². The Morgan fingerprint density at radius 3 is 2.59 bits per heavy atom. The van der Waals surface area contributed by atoms with Crippen LogP contribution >= 0.6 is 0 Å². The Morgan fingerprint density at radius 1 is 1.22 bits per heavy atom. The SMILES string of the molecule is COc1cc(C=O)ccc1OCC(=O)OCC(=O)NC1(C#N)CCCCC1. The van der Waals surface area contributed by atoms with E-state index in [1.807, 2.05) is 0 Å². The number of carbonyl (C=O) groups is 3. The predicted molar refractivity (Wildman–Crippen MR) is 94.4 cm³/mol. The molecule has 0 aromatic heterocycles. The maximum absolute atomic E-state index is 12.0. The summed E-state index contributed by atoms with van der Waals surface area (Å²) in [5, 5.41) is 12.0. The zero-order valence-electron chi connectivity index (χ0n) is 15.2. The smallest absolute Gasteiger partial charge is 0.344 e. The Labute approximate surface area is 157 Å². The Hall–Kier alpha value is -3.08. The van der Waals surface area contributed by atoms with Crippen molar-refractivity contribution < 1.29 is 28.6 Å². The molecule has 0 radical (unpaired) electrons. The molecule has 1 N–H and O–H groups in total. The molecule has 0 aliphatic heterocycles. The first-order chi connectivity index (χ1) is 13.0. The molecule has 1 aliphatic rings. The monoisotopic (exact) mass is 374 g/mol. The number of amides is 1. The molecule has 0 saturated heterocycles. The number of nitrogens with one attached hydrogen (secondary N) is 1. The molecule has 1 aromatic carbocycles. The summed E-state index contributed by atoms with van der Waals surface area (Å²) < 4.78 is 15.3. The fourth-order valence-corrected chi connectivity index (χ4v) is 2.92. The zero-order valence-corrected chi connectivity index (χ0v) is 15.2. The minimum absolute atomic E-state index is 0.273. The maximum Gasteiger partial charge on any atom is 0.344 e. The number of ether oxygens (including phenoxy) is 3. The summed E-state index contributed by atoms with van der Waals surface area (Å²) in [5.41, 5.74) is -0.459. The molecule has 1 aromatic rings. The van der Waals surface area contributed by atoms with Gasteiger partial charge in [-0.05, 0) is 31.0 Å². The highest BCUT2D eigenvalue weighted by Crippen LogP contribution is 2.28. The van der Waals surface area contributed by atoms with E-state index in [4.69, 9.17) is 14.2 Å². The van der Waals surface area contributed by atoms with Crippen LogP contribution in [-0.2, 0) is 14.3 Å². The minimum atomic E-state index is -0.869. The van der Waals surface area contributed by atoms with Gasteiger partial charge in [0.2, 0.25) is 0 Å². The van der Waals surface area contributed by atoms with Crippen LogP contribution in [0.3, 0.4) is 0 Å². The fraction of sp³-hybridized carbons (Fsp3) is 0.474. The molecule has 0 spiro atoms. The van der Waals surface area contributed by atoms with Crippen molar-refractivity contribution in [2.75, 3.05) is 20.3 Å². The van der Waals surface area contributed by atoms with Crippen LogP contribution in [0.25, 0.3) is 0 Å². The quantitative estimate of drug-likeness (QED) is 0.545. The molecule has 1 amide bonds. The maximum atomic E-state index is 12.0. The van der Waals surface area contributed by atoms with Gasteiger partial charge in [-0.25, -0.2) is 4.79 Å². The van der Waals surface area contributed by atoms with E-state index in [2.05, 4.69) is 11.4 Å². The first-order valence-electron chi connectivity index (χ1n) is 8.66. The molecule has 1 aliphatic carbocycles. The van der Waals surface area contributed by atoms with Crippen LogP contribution in [-0.4, -0.2) is 44.0 Å². The summed E-state index contributed by atoms with van der Waals surface area (Å²) >= 11 is 0. The molecule has 8 heteroatoms. The Kier molecular flexibility index (Phi) is 7.17. The zero-order chi connectivity index (χ0) is 19.7. The Balaban J connectivity index is 1.80. The summed E-state index contributed by atoms with van der Waals surface area (Å²) in [6.45, 7) is -0.902. The second-order valence-corrected chi connectivity index (χ2v) is 6.28. The lowest BCUT2D eigenvalue weighted by atomic mass is 9.83. The van der Waals surface area contributed by atoms with Gasteiger partial charge in [-0.1, -0.05) is 19.3 Å². The largest absolute Gasteiger partial charge is 0.493 e. The first kappa shape index (κ1) is 20.2. The molecule has 1 fully saturated rings. The van der Waals surface area contributed by atoms with E-state index >= 15 is 0 Å². The molecular weight excluding hydrogens is 352 g/mol. The van der Waals surface area contributed by atoms with Gasteiger partial charge in [-0.2, -0.15) is 5.26 Å². The molecule has 0 unspecified atom stereocenters. The van der Waals surface area contributed by atoms with Crippen LogP contribution in [0, 0.1) is 11.3 Å². The van der Waals surface area contributed by atoms with Gasteiger partial charge in [0.15, 0.2) is 24.7 Å². The van der Waals surface area contributed by atoms with E-state index in [1.54, 1.807) is 0 Å². The predicted octanol–water partition coefficient (Wildman–Crippen LogP) is 1.77. The number of nitriles is 1. The number of hydrogen-bond donors (Lipinski definition) is 1. The molecule has 0 atom stereocenters. The second-order valence-electron chi connectivity index (χ2n) is 6.28. The molecule has 0 bridgehead atoms. The van der Waals surface area contributed by atoms with Crippen LogP contribution in [0.2, 0.25) is 0 Å². The lowest BCUT2D eigenvalue weighted by Gasteiger charge is -2.31. The number of benzene rings is 1. The number of esters is 1. The number of methoxy groups -OCH3 is 1. The summed E-state index contributed by atoms with van der Waals surface area (Å²) in [6, 6.07) is 6.67. The molecule has 1 saturated carbocycles. The normalized spacial score (nSPS) is 15.1. The van der Waals surface area contributed by atoms with Crippen molar-refractivity contribution in [3.8, 4) is 17.6 Å². The van der Waals surface area contributed by atoms with E-state index < -0.39 is 30.6 Å². The van der Waals surface area contributed by atoms with Crippen LogP contribution in [0.15, 0.2) is 18.2 Å². The molecule has 8 nitrogen and oxygen atoms in total. The van der Waals surface area contributed by atoms with Gasteiger partial charge in [-0.15, -0.1) is 0 Å². The van der Waals surface area contributed by atoms with Crippen molar-refractivity contribution in [2.45, 2.75) is 37.6 Å². The minimum Gasteiger partial charge on any atom is -0.493 e. The van der Waals surface area contributed by atoms with E-state index in [9.17, 15) is 19.6 Å². The van der Waals surface area contributed by atoms with E-state index in [0.29, 0.717) is 30.4 Å². The molecule has 0 heterocycles. The number of carbonyl (C=O) groups excluding carboxylic acids is 3. The number of hydrogen-bond acceptors (Lipinski definition) is 7. The van der Waals surface area contributed by atoms with Gasteiger partial charge in [0, 0.05) is 5.56 Å². The van der Waals surface area contributed by atoms with Gasteiger partial charge in [0.05, 0.1) is 13.2 Å². The van der Waals surface area contributed by atoms with Gasteiger partial charge >= 0.3 is 5.97 Å². The molecule has 27 heavy (non-hydrogen) atoms. The lowest BCUT2D eigenvalue weighted by Crippen LogP contribution is -2.50. The summed E-state index contributed by atoms with van der Waals surface area (Å²) in [5.74, 6) is -0.672. The van der Waals surface area contributed by atoms with Crippen LogP contribution in [0.5, 0.6) is 11.5 Å². The highest BCUT2D eigenvalue weighted by atomic mass is 16.6. The van der Waals surface area contributed by atoms with Gasteiger partial charge in [-0.3, -0.25) is 9.59 Å². The third-order valence-corrected chi connectivity index (χ3v) is 4.33. The second kappa shape index (κ2) is 9.57. The third-order valence-electron chi connectivity index (χ3n) is 4.33. The molecule has 144 valence electrons. The fourth-order valence-electron chi connectivity index (χ4n) is 2.92. The third kappa shape index (κ3) is 5.71. The summed E-state index contributed by atoms with van der Waals surface area (Å²) in [6.07, 6.45) is 4.67. The van der Waals surface area contributed by atoms with E-state index in [1.165, 1.54) is 25.3 Å². The van der Waals surface area contributed by atoms with Crippen molar-refractivity contribution in [3.05, 3.63) is 23.8 Å². The highest BCUT2D eigenvalue weighted by molar-refractivity contribution is 5.82. The number of rotatable bonds is 8. The van der Waals surface area contributed by atoms with Crippen LogP contribution in [0.1, 0.15) is 42.5 Å². The summed E-state index contributed by atoms with van der Waals surface area (Å²) in [4.78, 5) is 34.5. The van der Waals surface area contributed by atoms with Gasteiger partial charge in [0.1, 0.15) is 11.8 Å². The number of aldehydes is 1. The van der Waals surface area contributed by atoms with E-state index in [0.717, 1.165) is 19.3 Å². The van der Waals surface area contributed by atoms with Crippen molar-refractivity contribution in [3.63, 3.8) is 0 Å². The molecular formula is C19H22N2O6. The van der Waals surface area contributed by atoms with Gasteiger partial charge < -0.3 is 19.5 Å². The average molecular weight is 374 g/mol. The lowest BCUT2D eigenvalue weighted by molar-refractivity contribution is -0.150.